The number of hydrogen-bond acceptors (Lipinski definition) is 15. The summed E-state index contributed by atoms with van der Waals surface area (Å²) in [6, 6.07) is 0. The molecule has 0 atom stereocenters. The first-order chi connectivity index (χ1) is 28.7. The smallest absolute Gasteiger partial charge is 0.726 e. The number of ether oxygens (including phenoxy) is 3. The molecular formula is C42H87FeO15S3. The zero-order chi connectivity index (χ0) is 45.3. The second-order valence-electron chi connectivity index (χ2n) is 15.1. The molecule has 0 aliphatic heterocycles. The number of rotatable bonds is 45. The van der Waals surface area contributed by atoms with Gasteiger partial charge in [-0.15, -0.1) is 0 Å². The molecule has 0 N–H and O–H groups in total. The van der Waals surface area contributed by atoms with Crippen molar-refractivity contribution in [3.8, 4) is 0 Å². The van der Waals surface area contributed by atoms with Gasteiger partial charge in [-0.05, 0) is 19.3 Å². The van der Waals surface area contributed by atoms with E-state index in [2.05, 4.69) is 33.3 Å². The molecular weight excluding hydrogens is 896 g/mol. The Bertz CT molecular complexity index is 1020. The third kappa shape index (κ3) is 77.6. The summed E-state index contributed by atoms with van der Waals surface area (Å²) >= 11 is 0. The molecule has 0 amide bonds. The largest absolute Gasteiger partial charge is 3.00 e. The first kappa shape index (κ1) is 67.6. The summed E-state index contributed by atoms with van der Waals surface area (Å²) in [6.45, 7) is 8.36. The molecule has 0 unspecified atom stereocenters. The molecule has 19 heteroatoms. The van der Waals surface area contributed by atoms with Crippen LogP contribution in [0.3, 0.4) is 0 Å². The van der Waals surface area contributed by atoms with Crippen LogP contribution in [0.2, 0.25) is 0 Å². The SMILES string of the molecule is CCCCCCCCCCCCOCCOS(=O)(=O)[O-].CCCCCCCCCCCCOCCOS(=O)(=O)[O-].CCCCCCCCCCCCOCCOS(=O)(=O)[O-].[Fe+3]. The maximum atomic E-state index is 10.1. The van der Waals surface area contributed by atoms with E-state index in [1.165, 1.54) is 154 Å². The van der Waals surface area contributed by atoms with Crippen molar-refractivity contribution in [1.29, 1.82) is 0 Å². The van der Waals surface area contributed by atoms with Crippen LogP contribution in [0.4, 0.5) is 0 Å². The molecule has 0 aromatic rings. The zero-order valence-electron chi connectivity index (χ0n) is 38.3. The zero-order valence-corrected chi connectivity index (χ0v) is 41.8. The van der Waals surface area contributed by atoms with Gasteiger partial charge >= 0.3 is 17.1 Å². The predicted molar refractivity (Wildman–Crippen MR) is 235 cm³/mol. The van der Waals surface area contributed by atoms with E-state index in [0.717, 1.165) is 38.5 Å². The molecule has 0 saturated carbocycles. The summed E-state index contributed by atoms with van der Waals surface area (Å²) in [5, 5.41) is 0. The molecule has 0 spiro atoms. The van der Waals surface area contributed by atoms with Crippen LogP contribution < -0.4 is 0 Å². The molecule has 0 aliphatic carbocycles. The average Bonchev–Trinajstić information content (AvgIpc) is 3.17. The molecule has 0 bridgehead atoms. The maximum Gasteiger partial charge on any atom is 3.00 e. The van der Waals surface area contributed by atoms with Crippen LogP contribution in [0.1, 0.15) is 213 Å². The van der Waals surface area contributed by atoms with Crippen LogP contribution >= 0.6 is 0 Å². The Morgan fingerprint density at radius 2 is 0.426 bits per heavy atom. The third-order valence-corrected chi connectivity index (χ3v) is 10.7. The Labute approximate surface area is 385 Å². The van der Waals surface area contributed by atoms with Gasteiger partial charge in [0.25, 0.3) is 0 Å². The molecule has 0 aliphatic rings. The summed E-state index contributed by atoms with van der Waals surface area (Å²) in [6.07, 6.45) is 38.0. The van der Waals surface area contributed by atoms with Gasteiger partial charge in [0.15, 0.2) is 0 Å². The van der Waals surface area contributed by atoms with Gasteiger partial charge in [0.05, 0.1) is 39.6 Å². The number of hydrogen-bond donors (Lipinski definition) is 0. The van der Waals surface area contributed by atoms with E-state index in [-0.39, 0.29) is 56.7 Å². The first-order valence-corrected chi connectivity index (χ1v) is 27.2. The van der Waals surface area contributed by atoms with Gasteiger partial charge in [0.1, 0.15) is 0 Å². The van der Waals surface area contributed by atoms with Crippen molar-refractivity contribution < 1.29 is 82.7 Å². The molecule has 0 fully saturated rings. The number of unbranched alkanes of at least 4 members (excludes halogenated alkanes) is 27. The van der Waals surface area contributed by atoms with E-state index < -0.39 is 31.2 Å². The van der Waals surface area contributed by atoms with Gasteiger partial charge in [-0.1, -0.05) is 194 Å². The van der Waals surface area contributed by atoms with E-state index in [1.54, 1.807) is 0 Å². The van der Waals surface area contributed by atoms with Gasteiger partial charge in [-0.25, -0.2) is 25.3 Å². The third-order valence-electron chi connectivity index (χ3n) is 9.29. The van der Waals surface area contributed by atoms with Crippen LogP contribution in [0.5, 0.6) is 0 Å². The monoisotopic (exact) mass is 983 g/mol. The molecule has 0 aromatic carbocycles. The van der Waals surface area contributed by atoms with Gasteiger partial charge in [-0.2, -0.15) is 0 Å². The minimum atomic E-state index is -4.57. The minimum Gasteiger partial charge on any atom is -0.726 e. The summed E-state index contributed by atoms with van der Waals surface area (Å²) < 4.78 is 119. The predicted octanol–water partition coefficient (Wildman–Crippen LogP) is 10.2. The fraction of sp³-hybridized carbons (Fsp3) is 1.00. The van der Waals surface area contributed by atoms with Crippen LogP contribution in [-0.4, -0.2) is 98.4 Å². The van der Waals surface area contributed by atoms with Crippen molar-refractivity contribution in [2.75, 3.05) is 59.5 Å². The molecule has 0 rings (SSSR count). The Morgan fingerprint density at radius 1 is 0.262 bits per heavy atom. The van der Waals surface area contributed by atoms with Crippen LogP contribution in [0.25, 0.3) is 0 Å². The average molecular weight is 984 g/mol. The fourth-order valence-electron chi connectivity index (χ4n) is 5.97. The molecule has 61 heavy (non-hydrogen) atoms. The van der Waals surface area contributed by atoms with Crippen LogP contribution in [0, 0.1) is 0 Å². The van der Waals surface area contributed by atoms with Crippen molar-refractivity contribution >= 4 is 31.2 Å². The van der Waals surface area contributed by atoms with Crippen LogP contribution in [-0.2, 0) is 75.0 Å². The van der Waals surface area contributed by atoms with E-state index >= 15 is 0 Å². The Kier molecular flexibility index (Phi) is 58.3. The second kappa shape index (κ2) is 52.6. The van der Waals surface area contributed by atoms with Gasteiger partial charge in [0, 0.05) is 19.8 Å². The van der Waals surface area contributed by atoms with Gasteiger partial charge in [-0.3, -0.25) is 12.5 Å². The van der Waals surface area contributed by atoms with Crippen molar-refractivity contribution in [2.45, 2.75) is 213 Å². The summed E-state index contributed by atoms with van der Waals surface area (Å²) in [5.74, 6) is 0. The summed E-state index contributed by atoms with van der Waals surface area (Å²) in [4.78, 5) is 0. The second-order valence-corrected chi connectivity index (χ2v) is 18.2. The summed E-state index contributed by atoms with van der Waals surface area (Å²) in [7, 11) is -13.7. The minimum absolute atomic E-state index is 0. The molecule has 15 nitrogen and oxygen atoms in total. The standard InChI is InChI=1S/3C14H30O5S.Fe/c3*1-2-3-4-5-6-7-8-9-10-11-12-18-13-14-19-20(15,16)17;/h3*2-14H2,1H3,(H,15,16,17);/q;;;+3/p-3. The van der Waals surface area contributed by atoms with Crippen molar-refractivity contribution in [3.05, 3.63) is 0 Å². The van der Waals surface area contributed by atoms with Gasteiger partial charge < -0.3 is 27.9 Å². The quantitative estimate of drug-likeness (QED) is 0.0239. The topological polar surface area (TPSA) is 227 Å². The normalized spacial score (nSPS) is 11.7. The molecule has 0 aromatic heterocycles. The van der Waals surface area contributed by atoms with E-state index in [4.69, 9.17) is 14.2 Å². The molecule has 0 saturated heterocycles. The molecule has 0 heterocycles. The van der Waals surface area contributed by atoms with E-state index in [9.17, 15) is 38.9 Å². The summed E-state index contributed by atoms with van der Waals surface area (Å²) in [5.41, 5.74) is 0. The Hall–Kier alpha value is 0.00948. The molecule has 1 radical (unpaired) electrons. The van der Waals surface area contributed by atoms with Crippen molar-refractivity contribution in [3.63, 3.8) is 0 Å². The Morgan fingerprint density at radius 3 is 0.590 bits per heavy atom. The van der Waals surface area contributed by atoms with Gasteiger partial charge in [0.2, 0.25) is 31.2 Å². The Balaban J connectivity index is -0.000000396. The van der Waals surface area contributed by atoms with Crippen molar-refractivity contribution in [2.24, 2.45) is 0 Å². The van der Waals surface area contributed by atoms with E-state index in [1.807, 2.05) is 0 Å². The fourth-order valence-corrected chi connectivity index (χ4v) is 6.78. The maximum absolute atomic E-state index is 10.1. The molecule has 371 valence electrons. The first-order valence-electron chi connectivity index (χ1n) is 23.2. The van der Waals surface area contributed by atoms with Crippen LogP contribution in [0.15, 0.2) is 0 Å². The van der Waals surface area contributed by atoms with E-state index in [0.29, 0.717) is 19.8 Å². The van der Waals surface area contributed by atoms with Crippen molar-refractivity contribution in [1.82, 2.24) is 0 Å².